The highest BCUT2D eigenvalue weighted by molar-refractivity contribution is 9.10. The molecule has 0 aliphatic carbocycles. The van der Waals surface area contributed by atoms with Gasteiger partial charge in [0.05, 0.1) is 11.6 Å². The topological polar surface area (TPSA) is 35.6 Å². The number of nitrogens with zero attached hydrogens (tertiary/aromatic N) is 4. The average Bonchev–Trinajstić information content (AvgIpc) is 2.96. The molecule has 0 radical (unpaired) electrons. The van der Waals surface area contributed by atoms with Crippen LogP contribution < -0.4 is 0 Å². The van der Waals surface area contributed by atoms with Crippen LogP contribution in [0.1, 0.15) is 18.4 Å². The summed E-state index contributed by atoms with van der Waals surface area (Å²) in [6.45, 7) is 4.85. The minimum atomic E-state index is 0.365. The fourth-order valence-electron chi connectivity index (χ4n) is 2.41. The Morgan fingerprint density at radius 3 is 2.80 bits per heavy atom. The van der Waals surface area contributed by atoms with Crippen molar-refractivity contribution in [3.63, 3.8) is 0 Å². The molecule has 20 heavy (non-hydrogen) atoms. The second-order valence-electron chi connectivity index (χ2n) is 4.55. The van der Waals surface area contributed by atoms with Crippen molar-refractivity contribution in [2.75, 3.05) is 0 Å². The zero-order valence-corrected chi connectivity index (χ0v) is 13.6. The zero-order valence-electron chi connectivity index (χ0n) is 11.3. The lowest BCUT2D eigenvalue weighted by atomic mass is 10.3. The number of hydrogen-bond acceptors (Lipinski definition) is 2. The number of fused-ring (bicyclic) bond motifs is 1. The van der Waals surface area contributed by atoms with Crippen LogP contribution in [0.3, 0.4) is 0 Å². The highest BCUT2D eigenvalue weighted by Crippen LogP contribution is 2.26. The molecule has 0 saturated carbocycles. The van der Waals surface area contributed by atoms with Gasteiger partial charge in [-0.2, -0.15) is 5.10 Å². The molecule has 1 aromatic carbocycles. The van der Waals surface area contributed by atoms with E-state index >= 15 is 0 Å². The molecule has 6 heteroatoms. The van der Waals surface area contributed by atoms with E-state index in [0.717, 1.165) is 39.4 Å². The number of benzene rings is 1. The number of halogens is 2. The average molecular weight is 354 g/mol. The maximum atomic E-state index is 6.07. The fourth-order valence-corrected chi connectivity index (χ4v) is 2.98. The van der Waals surface area contributed by atoms with Crippen LogP contribution in [0.4, 0.5) is 0 Å². The van der Waals surface area contributed by atoms with Gasteiger partial charge in [0, 0.05) is 16.7 Å². The van der Waals surface area contributed by atoms with Crippen molar-refractivity contribution >= 4 is 38.7 Å². The van der Waals surface area contributed by atoms with Gasteiger partial charge in [-0.05, 0) is 32.0 Å². The standard InChI is InChI=1S/C14H14BrClN4/c1-3-19-14-13(9(2)18-19)17-12(8-16)20(14)11-6-4-5-10(15)7-11/h4-7H,3,8H2,1-2H3. The third kappa shape index (κ3) is 2.05. The normalized spacial score (nSPS) is 11.4. The summed E-state index contributed by atoms with van der Waals surface area (Å²) in [5, 5.41) is 4.53. The molecule has 0 saturated heterocycles. The predicted molar refractivity (Wildman–Crippen MR) is 84.5 cm³/mol. The van der Waals surface area contributed by atoms with E-state index in [0.29, 0.717) is 5.88 Å². The molecule has 0 unspecified atom stereocenters. The minimum Gasteiger partial charge on any atom is -0.280 e. The van der Waals surface area contributed by atoms with Gasteiger partial charge in [-0.15, -0.1) is 11.6 Å². The predicted octanol–water partition coefficient (Wildman–Crippen LogP) is 4.05. The van der Waals surface area contributed by atoms with Gasteiger partial charge in [-0.25, -0.2) is 9.67 Å². The summed E-state index contributed by atoms with van der Waals surface area (Å²) in [7, 11) is 0. The molecule has 0 spiro atoms. The summed E-state index contributed by atoms with van der Waals surface area (Å²) >= 11 is 9.58. The molecule has 4 nitrogen and oxygen atoms in total. The summed E-state index contributed by atoms with van der Waals surface area (Å²) in [6, 6.07) is 8.10. The molecule has 0 amide bonds. The molecule has 0 aliphatic rings. The number of aryl methyl sites for hydroxylation is 2. The maximum absolute atomic E-state index is 6.07. The van der Waals surface area contributed by atoms with Gasteiger partial charge in [-0.1, -0.05) is 22.0 Å². The summed E-state index contributed by atoms with van der Waals surface area (Å²) in [4.78, 5) is 4.64. The van der Waals surface area contributed by atoms with Gasteiger partial charge in [-0.3, -0.25) is 4.57 Å². The minimum absolute atomic E-state index is 0.365. The fraction of sp³-hybridized carbons (Fsp3) is 0.286. The first kappa shape index (κ1) is 13.6. The monoisotopic (exact) mass is 352 g/mol. The van der Waals surface area contributed by atoms with Gasteiger partial charge < -0.3 is 0 Å². The van der Waals surface area contributed by atoms with Crippen LogP contribution in [-0.4, -0.2) is 19.3 Å². The Hall–Kier alpha value is -1.33. The van der Waals surface area contributed by atoms with E-state index in [9.17, 15) is 0 Å². The summed E-state index contributed by atoms with van der Waals surface area (Å²) < 4.78 is 5.07. The molecule has 0 aliphatic heterocycles. The Morgan fingerprint density at radius 2 is 2.15 bits per heavy atom. The van der Waals surface area contributed by atoms with Crippen LogP contribution in [0, 0.1) is 6.92 Å². The van der Waals surface area contributed by atoms with Crippen molar-refractivity contribution in [1.29, 1.82) is 0 Å². The molecule has 0 bridgehead atoms. The number of aromatic nitrogens is 4. The molecule has 0 atom stereocenters. The van der Waals surface area contributed by atoms with Crippen molar-refractivity contribution in [2.45, 2.75) is 26.3 Å². The van der Waals surface area contributed by atoms with E-state index in [1.165, 1.54) is 0 Å². The van der Waals surface area contributed by atoms with E-state index in [1.54, 1.807) is 0 Å². The smallest absolute Gasteiger partial charge is 0.163 e. The quantitative estimate of drug-likeness (QED) is 0.666. The highest BCUT2D eigenvalue weighted by Gasteiger charge is 2.18. The van der Waals surface area contributed by atoms with Crippen LogP contribution in [0.15, 0.2) is 28.7 Å². The zero-order chi connectivity index (χ0) is 14.3. The van der Waals surface area contributed by atoms with Gasteiger partial charge in [0.1, 0.15) is 11.3 Å². The van der Waals surface area contributed by atoms with Gasteiger partial charge >= 0.3 is 0 Å². The van der Waals surface area contributed by atoms with Crippen LogP contribution in [0.5, 0.6) is 0 Å². The van der Waals surface area contributed by atoms with E-state index < -0.39 is 0 Å². The number of hydrogen-bond donors (Lipinski definition) is 0. The Kier molecular flexibility index (Phi) is 3.56. The highest BCUT2D eigenvalue weighted by atomic mass is 79.9. The van der Waals surface area contributed by atoms with E-state index in [2.05, 4.69) is 43.6 Å². The first-order valence-corrected chi connectivity index (χ1v) is 7.75. The van der Waals surface area contributed by atoms with E-state index in [-0.39, 0.29) is 0 Å². The first-order valence-electron chi connectivity index (χ1n) is 6.42. The van der Waals surface area contributed by atoms with Gasteiger partial charge in [0.25, 0.3) is 0 Å². The number of alkyl halides is 1. The first-order chi connectivity index (χ1) is 9.65. The Morgan fingerprint density at radius 1 is 1.35 bits per heavy atom. The molecule has 3 rings (SSSR count). The SMILES string of the molecule is CCn1nc(C)c2nc(CCl)n(-c3cccc(Br)c3)c21. The Balaban J connectivity index is 2.37. The lowest BCUT2D eigenvalue weighted by Gasteiger charge is -2.09. The Labute approximate surface area is 130 Å². The number of rotatable bonds is 3. The van der Waals surface area contributed by atoms with Crippen molar-refractivity contribution in [3.05, 3.63) is 40.3 Å². The van der Waals surface area contributed by atoms with E-state index in [4.69, 9.17) is 11.6 Å². The van der Waals surface area contributed by atoms with Crippen molar-refractivity contribution in [3.8, 4) is 5.69 Å². The van der Waals surface area contributed by atoms with Crippen molar-refractivity contribution < 1.29 is 0 Å². The molecule has 3 aromatic rings. The van der Waals surface area contributed by atoms with Crippen LogP contribution in [0.25, 0.3) is 16.9 Å². The van der Waals surface area contributed by atoms with Crippen LogP contribution in [0.2, 0.25) is 0 Å². The maximum Gasteiger partial charge on any atom is 0.163 e. The lowest BCUT2D eigenvalue weighted by molar-refractivity contribution is 0.660. The van der Waals surface area contributed by atoms with Gasteiger partial charge in [0.2, 0.25) is 0 Å². The molecule has 0 N–H and O–H groups in total. The van der Waals surface area contributed by atoms with Crippen molar-refractivity contribution in [2.24, 2.45) is 0 Å². The van der Waals surface area contributed by atoms with Crippen LogP contribution >= 0.6 is 27.5 Å². The van der Waals surface area contributed by atoms with Crippen LogP contribution in [-0.2, 0) is 12.4 Å². The largest absolute Gasteiger partial charge is 0.280 e. The second-order valence-corrected chi connectivity index (χ2v) is 5.73. The Bertz CT molecular complexity index is 775. The summed E-state index contributed by atoms with van der Waals surface area (Å²) in [6.07, 6.45) is 0. The molecular formula is C14H14BrClN4. The summed E-state index contributed by atoms with van der Waals surface area (Å²) in [5.41, 5.74) is 3.88. The van der Waals surface area contributed by atoms with Crippen molar-refractivity contribution in [1.82, 2.24) is 19.3 Å². The number of imidazole rings is 1. The third-order valence-corrected chi connectivity index (χ3v) is 4.00. The lowest BCUT2D eigenvalue weighted by Crippen LogP contribution is -2.06. The molecular weight excluding hydrogens is 340 g/mol. The summed E-state index contributed by atoms with van der Waals surface area (Å²) in [5.74, 6) is 1.20. The molecule has 2 heterocycles. The molecule has 2 aromatic heterocycles. The van der Waals surface area contributed by atoms with E-state index in [1.807, 2.05) is 29.8 Å². The second kappa shape index (κ2) is 5.22. The van der Waals surface area contributed by atoms with Gasteiger partial charge in [0.15, 0.2) is 5.65 Å². The molecule has 0 fully saturated rings. The third-order valence-electron chi connectivity index (χ3n) is 3.27. The molecule has 104 valence electrons.